The van der Waals surface area contributed by atoms with Crippen molar-refractivity contribution < 1.29 is 37.6 Å². The van der Waals surface area contributed by atoms with Crippen molar-refractivity contribution in [3.8, 4) is 0 Å². The summed E-state index contributed by atoms with van der Waals surface area (Å²) in [5.41, 5.74) is 11.1. The molecule has 236 valence electrons. The predicted octanol–water partition coefficient (Wildman–Crippen LogP) is 2.65. The van der Waals surface area contributed by atoms with Gasteiger partial charge in [0.05, 0.1) is 25.6 Å². The van der Waals surface area contributed by atoms with Crippen LogP contribution >= 0.6 is 30.0 Å². The molecule has 19 heteroatoms. The maximum Gasteiger partial charge on any atom is 0.323 e. The van der Waals surface area contributed by atoms with Crippen molar-refractivity contribution in [1.29, 1.82) is 0 Å². The molecular formula is C23H36ClFN7O7PS2. The third kappa shape index (κ3) is 8.27. The number of nitrogens with two attached hydrogens (primary N) is 2. The zero-order chi connectivity index (χ0) is 31.6. The molecule has 0 amide bonds. The third-order valence-corrected chi connectivity index (χ3v) is 10.1. The lowest BCUT2D eigenvalue weighted by Gasteiger charge is -2.28. The third-order valence-electron chi connectivity index (χ3n) is 5.75. The molecule has 0 unspecified atom stereocenters. The Morgan fingerprint density at radius 1 is 1.33 bits per heavy atom. The molecule has 1 saturated heterocycles. The second kappa shape index (κ2) is 13.5. The fraction of sp³-hybridized carbons (Fsp3) is 0.696. The van der Waals surface area contributed by atoms with E-state index >= 15 is 4.39 Å². The number of aromatic nitrogens is 4. The molecule has 0 bridgehead atoms. The highest BCUT2D eigenvalue weighted by molar-refractivity contribution is 8.13. The molecular weight excluding hydrogens is 636 g/mol. The summed E-state index contributed by atoms with van der Waals surface area (Å²) in [6.07, 6.45) is -4.05. The van der Waals surface area contributed by atoms with E-state index < -0.39 is 54.2 Å². The number of alkyl halides is 2. The van der Waals surface area contributed by atoms with Gasteiger partial charge >= 0.3 is 5.97 Å². The summed E-state index contributed by atoms with van der Waals surface area (Å²) in [6.45, 7) is 6.31. The van der Waals surface area contributed by atoms with Gasteiger partial charge in [-0.3, -0.25) is 14.2 Å². The number of nitrogens with zero attached hydrogens (tertiary/aromatic N) is 4. The molecule has 0 aromatic carbocycles. The Bertz CT molecular complexity index is 1350. The van der Waals surface area contributed by atoms with Crippen LogP contribution < -0.4 is 16.6 Å². The molecule has 0 radical (unpaired) electrons. The van der Waals surface area contributed by atoms with Crippen LogP contribution in [0.5, 0.6) is 0 Å². The first-order valence-electron chi connectivity index (χ1n) is 12.9. The topological polar surface area (TPSA) is 199 Å². The normalized spacial score (nSPS) is 25.0. The molecule has 0 saturated carbocycles. The van der Waals surface area contributed by atoms with Crippen LogP contribution in [0.15, 0.2) is 6.33 Å². The molecule has 0 aliphatic carbocycles. The Morgan fingerprint density at radius 2 is 2.00 bits per heavy atom. The van der Waals surface area contributed by atoms with Gasteiger partial charge < -0.3 is 35.1 Å². The number of rotatable bonds is 12. The maximum atomic E-state index is 15.7. The smallest absolute Gasteiger partial charge is 0.323 e. The van der Waals surface area contributed by atoms with Crippen molar-refractivity contribution >= 4 is 75.8 Å². The number of carbonyl (C=O) groups excluding carboxylic acids is 2. The van der Waals surface area contributed by atoms with Crippen LogP contribution in [-0.4, -0.2) is 84.2 Å². The monoisotopic (exact) mass is 671 g/mol. The van der Waals surface area contributed by atoms with Gasteiger partial charge in [-0.2, -0.15) is 9.97 Å². The average Bonchev–Trinajstić information content (AvgIpc) is 3.37. The highest BCUT2D eigenvalue weighted by Gasteiger charge is 2.58. The number of anilines is 2. The fourth-order valence-electron chi connectivity index (χ4n) is 3.65. The highest BCUT2D eigenvalue weighted by Crippen LogP contribution is 2.49. The van der Waals surface area contributed by atoms with Gasteiger partial charge in [0.25, 0.3) is 11.8 Å². The van der Waals surface area contributed by atoms with Crippen molar-refractivity contribution in [2.24, 2.45) is 5.41 Å². The summed E-state index contributed by atoms with van der Waals surface area (Å²) in [5.74, 6) is -0.566. The minimum absolute atomic E-state index is 0.00839. The van der Waals surface area contributed by atoms with Crippen LogP contribution in [0.25, 0.3) is 11.2 Å². The lowest BCUT2D eigenvalue weighted by Crippen LogP contribution is -2.39. The van der Waals surface area contributed by atoms with Crippen molar-refractivity contribution in [1.82, 2.24) is 24.6 Å². The highest BCUT2D eigenvalue weighted by atomic mass is 35.5. The molecule has 2 aromatic rings. The molecule has 3 heterocycles. The van der Waals surface area contributed by atoms with Gasteiger partial charge in [0, 0.05) is 11.2 Å². The number of imidazole rings is 1. The van der Waals surface area contributed by atoms with E-state index in [1.165, 1.54) is 13.3 Å². The number of nitrogen functional groups attached to an aromatic ring is 2. The number of nitrogens with one attached hydrogen (secondary N) is 1. The standard InChI is InChI=1S/C23H36ClFN7O7PS2/c1-11(2)38-18(34)12(3)31-40(41,36-7-8-42-20(35)22(4,5)6)37-9-13-15(33)23(24,25)19(39-13)32-10-28-14-16(26)29-21(27)30-17(14)32/h10-13,15,19,33H,7-9H2,1-6H3,(H,31,41)(H4,26,27,29,30)/t12-,13+,15+,19+,23-,40-/m0/s1. The SMILES string of the molecule is CC(C)OC(=O)[C@H](C)N[P@](=S)(OCCSC(=O)C(C)(C)C)OC[C@H]1O[C@@H](n2cnc3c(N)nc(N)nc32)[C@](F)(Cl)[C@@H]1O. The van der Waals surface area contributed by atoms with Crippen LogP contribution in [0.2, 0.25) is 0 Å². The number of hydrogen-bond acceptors (Lipinski definition) is 14. The fourth-order valence-corrected chi connectivity index (χ4v) is 7.21. The molecule has 14 nitrogen and oxygen atoms in total. The van der Waals surface area contributed by atoms with Crippen molar-refractivity contribution in [3.05, 3.63) is 6.33 Å². The van der Waals surface area contributed by atoms with Gasteiger partial charge in [-0.25, -0.2) is 14.5 Å². The molecule has 2 aromatic heterocycles. The summed E-state index contributed by atoms with van der Waals surface area (Å²) >= 11 is 12.8. The van der Waals surface area contributed by atoms with Gasteiger partial charge in [0.15, 0.2) is 22.8 Å². The van der Waals surface area contributed by atoms with E-state index in [1.54, 1.807) is 34.6 Å². The Labute approximate surface area is 256 Å². The number of hydrogen-bond donors (Lipinski definition) is 4. The Balaban J connectivity index is 1.76. The summed E-state index contributed by atoms with van der Waals surface area (Å²) in [4.78, 5) is 36.6. The first kappa shape index (κ1) is 34.8. The van der Waals surface area contributed by atoms with E-state index in [4.69, 9.17) is 53.4 Å². The van der Waals surface area contributed by atoms with E-state index in [-0.39, 0.29) is 46.5 Å². The first-order chi connectivity index (χ1) is 19.4. The largest absolute Gasteiger partial charge is 0.462 e. The molecule has 1 aliphatic rings. The quantitative estimate of drug-likeness (QED) is 0.111. The Morgan fingerprint density at radius 3 is 2.62 bits per heavy atom. The zero-order valence-electron chi connectivity index (χ0n) is 23.9. The van der Waals surface area contributed by atoms with Crippen LogP contribution in [0.1, 0.15) is 47.8 Å². The number of aliphatic hydroxyl groups excluding tert-OH is 1. The van der Waals surface area contributed by atoms with Crippen molar-refractivity contribution in [3.63, 3.8) is 0 Å². The molecule has 6 N–H and O–H groups in total. The van der Waals surface area contributed by atoms with E-state index in [1.807, 2.05) is 0 Å². The summed E-state index contributed by atoms with van der Waals surface area (Å²) in [6, 6.07) is -0.939. The Hall–Kier alpha value is -1.69. The van der Waals surface area contributed by atoms with Gasteiger partial charge in [0.1, 0.15) is 23.8 Å². The first-order valence-corrected chi connectivity index (χ1v) is 16.9. The molecule has 6 atom stereocenters. The van der Waals surface area contributed by atoms with E-state index in [0.29, 0.717) is 0 Å². The van der Waals surface area contributed by atoms with Crippen molar-refractivity contribution in [2.45, 2.75) is 77.3 Å². The minimum Gasteiger partial charge on any atom is -0.462 e. The predicted molar refractivity (Wildman–Crippen MR) is 161 cm³/mol. The lowest BCUT2D eigenvalue weighted by atomic mass is 10.00. The number of fused-ring (bicyclic) bond motifs is 1. The van der Waals surface area contributed by atoms with Crippen LogP contribution in [0.4, 0.5) is 16.2 Å². The van der Waals surface area contributed by atoms with E-state index in [2.05, 4.69) is 20.0 Å². The molecule has 0 spiro atoms. The van der Waals surface area contributed by atoms with Crippen LogP contribution in [-0.2, 0) is 39.9 Å². The van der Waals surface area contributed by atoms with Gasteiger partial charge in [-0.15, -0.1) is 0 Å². The number of ether oxygens (including phenoxy) is 2. The van der Waals surface area contributed by atoms with E-state index in [9.17, 15) is 14.7 Å². The zero-order valence-corrected chi connectivity index (χ0v) is 27.2. The average molecular weight is 672 g/mol. The number of esters is 1. The van der Waals surface area contributed by atoms with Crippen LogP contribution in [0, 0.1) is 5.41 Å². The van der Waals surface area contributed by atoms with Gasteiger partial charge in [-0.1, -0.05) is 44.1 Å². The van der Waals surface area contributed by atoms with E-state index in [0.717, 1.165) is 16.3 Å². The molecule has 42 heavy (non-hydrogen) atoms. The number of halogens is 2. The van der Waals surface area contributed by atoms with Crippen LogP contribution in [0.3, 0.4) is 0 Å². The second-order valence-corrected chi connectivity index (χ2v) is 15.6. The van der Waals surface area contributed by atoms with Crippen molar-refractivity contribution in [2.75, 3.05) is 30.4 Å². The maximum absolute atomic E-state index is 15.7. The molecule has 1 aliphatic heterocycles. The Kier molecular flexibility index (Phi) is 11.2. The molecule has 1 fully saturated rings. The lowest BCUT2D eigenvalue weighted by molar-refractivity contribution is -0.149. The summed E-state index contributed by atoms with van der Waals surface area (Å²) in [5, 5.41) is 10.7. The number of thioether (sulfide) groups is 1. The summed E-state index contributed by atoms with van der Waals surface area (Å²) < 4.78 is 39.5. The van der Waals surface area contributed by atoms with Gasteiger partial charge in [-0.05, 0) is 32.6 Å². The number of aliphatic hydroxyl groups is 1. The summed E-state index contributed by atoms with van der Waals surface area (Å²) in [7, 11) is 0. The minimum atomic E-state index is -3.50. The molecule has 3 rings (SSSR count). The van der Waals surface area contributed by atoms with Gasteiger partial charge in [0.2, 0.25) is 5.95 Å². The second-order valence-electron chi connectivity index (χ2n) is 10.8. The number of carbonyl (C=O) groups is 2.